The third kappa shape index (κ3) is 4.67. The lowest BCUT2D eigenvalue weighted by molar-refractivity contribution is -0.121. The van der Waals surface area contributed by atoms with E-state index in [0.29, 0.717) is 34.5 Å². The first-order valence-electron chi connectivity index (χ1n) is 11.1. The van der Waals surface area contributed by atoms with Crippen LogP contribution in [0.4, 0.5) is 15.8 Å². The van der Waals surface area contributed by atoms with Crippen molar-refractivity contribution in [2.24, 2.45) is 0 Å². The van der Waals surface area contributed by atoms with Crippen LogP contribution in [0.2, 0.25) is 0 Å². The van der Waals surface area contributed by atoms with Gasteiger partial charge in [-0.05, 0) is 36.8 Å². The fourth-order valence-electron chi connectivity index (χ4n) is 3.98. The van der Waals surface area contributed by atoms with Gasteiger partial charge in [0.2, 0.25) is 11.8 Å². The van der Waals surface area contributed by atoms with Gasteiger partial charge in [-0.2, -0.15) is 0 Å². The summed E-state index contributed by atoms with van der Waals surface area (Å²) in [4.78, 5) is 27.1. The molecule has 1 aromatic heterocycles. The predicted molar refractivity (Wildman–Crippen MR) is 134 cm³/mol. The maximum atomic E-state index is 14.6. The van der Waals surface area contributed by atoms with Crippen molar-refractivity contribution in [1.29, 1.82) is 0 Å². The average molecular weight is 488 g/mol. The van der Waals surface area contributed by atoms with Crippen LogP contribution in [0, 0.1) is 5.82 Å². The molecular weight excluding hydrogens is 465 g/mol. The molecule has 1 N–H and O–H groups in total. The van der Waals surface area contributed by atoms with E-state index in [1.807, 2.05) is 47.0 Å². The van der Waals surface area contributed by atoms with Gasteiger partial charge in [-0.1, -0.05) is 66.4 Å². The number of anilines is 2. The van der Waals surface area contributed by atoms with E-state index in [9.17, 15) is 14.0 Å². The van der Waals surface area contributed by atoms with Gasteiger partial charge in [0.1, 0.15) is 12.4 Å². The Bertz CT molecular complexity index is 1390. The van der Waals surface area contributed by atoms with Crippen molar-refractivity contribution < 1.29 is 14.0 Å². The number of carbonyl (C=O) groups excluding carboxylic acids is 2. The average Bonchev–Trinajstić information content (AvgIpc) is 3.25. The standard InChI is InChI=1S/C26H22FN5O2S/c1-17(25(34)31-16-23(33)28-21-13-7-8-14-22(21)31)35-26-30-29-24(19-11-5-6-12-20(19)27)32(26)15-18-9-3-2-4-10-18/h2-14,17H,15-16H2,1H3,(H,28,33)/t17-/m1/s1. The van der Waals surface area contributed by atoms with Gasteiger partial charge in [0.15, 0.2) is 11.0 Å². The number of nitrogens with one attached hydrogen (secondary N) is 1. The summed E-state index contributed by atoms with van der Waals surface area (Å²) in [5, 5.41) is 11.3. The number of thioether (sulfide) groups is 1. The lowest BCUT2D eigenvalue weighted by Gasteiger charge is -2.30. The van der Waals surface area contributed by atoms with Gasteiger partial charge >= 0.3 is 0 Å². The Labute approximate surface area is 206 Å². The maximum Gasteiger partial charge on any atom is 0.244 e. The molecule has 0 aliphatic carbocycles. The van der Waals surface area contributed by atoms with Crippen LogP contribution in [0.3, 0.4) is 0 Å². The molecule has 176 valence electrons. The van der Waals surface area contributed by atoms with Gasteiger partial charge in [0.05, 0.1) is 28.7 Å². The predicted octanol–water partition coefficient (Wildman–Crippen LogP) is 4.60. The molecule has 1 aliphatic heterocycles. The molecule has 35 heavy (non-hydrogen) atoms. The van der Waals surface area contributed by atoms with Gasteiger partial charge in [0.25, 0.3) is 0 Å². The normalized spacial score (nSPS) is 13.8. The molecule has 7 nitrogen and oxygen atoms in total. The van der Waals surface area contributed by atoms with Crippen LogP contribution in [0.1, 0.15) is 12.5 Å². The summed E-state index contributed by atoms with van der Waals surface area (Å²) in [6.07, 6.45) is 0. The lowest BCUT2D eigenvalue weighted by atomic mass is 10.2. The Balaban J connectivity index is 1.46. The van der Waals surface area contributed by atoms with Crippen molar-refractivity contribution in [2.75, 3.05) is 16.8 Å². The van der Waals surface area contributed by atoms with Crippen LogP contribution in [0.5, 0.6) is 0 Å². The summed E-state index contributed by atoms with van der Waals surface area (Å²) < 4.78 is 16.4. The molecule has 1 aliphatic rings. The summed E-state index contributed by atoms with van der Waals surface area (Å²) >= 11 is 1.23. The first kappa shape index (κ1) is 22.8. The Hall–Kier alpha value is -3.98. The van der Waals surface area contributed by atoms with Crippen LogP contribution in [0.25, 0.3) is 11.4 Å². The quantitative estimate of drug-likeness (QED) is 0.402. The molecule has 0 saturated carbocycles. The van der Waals surface area contributed by atoms with Crippen LogP contribution in [0.15, 0.2) is 84.0 Å². The molecule has 0 bridgehead atoms. The molecular formula is C26H22FN5O2S. The third-order valence-electron chi connectivity index (χ3n) is 5.68. The van der Waals surface area contributed by atoms with Crippen molar-refractivity contribution in [3.8, 4) is 11.4 Å². The highest BCUT2D eigenvalue weighted by atomic mass is 32.2. The van der Waals surface area contributed by atoms with Crippen molar-refractivity contribution in [3.63, 3.8) is 0 Å². The first-order chi connectivity index (χ1) is 17.0. The second kappa shape index (κ2) is 9.71. The number of para-hydroxylation sites is 2. The fourth-order valence-corrected chi connectivity index (χ4v) is 4.89. The van der Waals surface area contributed by atoms with E-state index in [4.69, 9.17) is 0 Å². The zero-order chi connectivity index (χ0) is 24.4. The molecule has 4 aromatic rings. The summed E-state index contributed by atoms with van der Waals surface area (Å²) in [5.41, 5.74) is 2.58. The Morgan fingerprint density at radius 3 is 2.54 bits per heavy atom. The third-order valence-corrected chi connectivity index (χ3v) is 6.75. The van der Waals surface area contributed by atoms with Crippen molar-refractivity contribution in [3.05, 3.63) is 90.2 Å². The van der Waals surface area contributed by atoms with E-state index in [2.05, 4.69) is 15.5 Å². The molecule has 5 rings (SSSR count). The van der Waals surface area contributed by atoms with Gasteiger partial charge in [-0.3, -0.25) is 19.1 Å². The second-order valence-electron chi connectivity index (χ2n) is 8.11. The minimum Gasteiger partial charge on any atom is -0.323 e. The molecule has 2 amide bonds. The number of benzene rings is 3. The first-order valence-corrected chi connectivity index (χ1v) is 12.0. The molecule has 0 fully saturated rings. The van der Waals surface area contributed by atoms with E-state index < -0.39 is 11.1 Å². The van der Waals surface area contributed by atoms with Crippen molar-refractivity contribution in [2.45, 2.75) is 23.9 Å². The number of hydrogen-bond donors (Lipinski definition) is 1. The minimum atomic E-state index is -0.568. The van der Waals surface area contributed by atoms with Gasteiger partial charge < -0.3 is 5.32 Å². The van der Waals surface area contributed by atoms with E-state index in [1.165, 1.54) is 22.7 Å². The molecule has 0 radical (unpaired) electrons. The van der Waals surface area contributed by atoms with Crippen molar-refractivity contribution >= 4 is 35.0 Å². The zero-order valence-corrected chi connectivity index (χ0v) is 19.7. The van der Waals surface area contributed by atoms with Crippen molar-refractivity contribution in [1.82, 2.24) is 14.8 Å². The number of carbonyl (C=O) groups is 2. The molecule has 9 heteroatoms. The number of aromatic nitrogens is 3. The highest BCUT2D eigenvalue weighted by Crippen LogP contribution is 2.33. The van der Waals surface area contributed by atoms with Gasteiger partial charge in [0, 0.05) is 0 Å². The van der Waals surface area contributed by atoms with E-state index in [1.54, 1.807) is 37.3 Å². The van der Waals surface area contributed by atoms with E-state index in [-0.39, 0.29) is 18.4 Å². The largest absolute Gasteiger partial charge is 0.323 e. The zero-order valence-electron chi connectivity index (χ0n) is 18.9. The Morgan fingerprint density at radius 1 is 1.03 bits per heavy atom. The van der Waals surface area contributed by atoms with Crippen LogP contribution in [-0.2, 0) is 16.1 Å². The lowest BCUT2D eigenvalue weighted by Crippen LogP contribution is -2.45. The fraction of sp³-hybridized carbons (Fsp3) is 0.154. The van der Waals surface area contributed by atoms with Crippen LogP contribution < -0.4 is 10.2 Å². The summed E-state index contributed by atoms with van der Waals surface area (Å²) in [6.45, 7) is 2.13. The van der Waals surface area contributed by atoms with E-state index in [0.717, 1.165) is 5.56 Å². The van der Waals surface area contributed by atoms with E-state index >= 15 is 0 Å². The summed E-state index contributed by atoms with van der Waals surface area (Å²) in [7, 11) is 0. The molecule has 0 spiro atoms. The number of hydrogen-bond acceptors (Lipinski definition) is 5. The molecule has 2 heterocycles. The highest BCUT2D eigenvalue weighted by molar-refractivity contribution is 8.00. The maximum absolute atomic E-state index is 14.6. The van der Waals surface area contributed by atoms with Gasteiger partial charge in [-0.25, -0.2) is 4.39 Å². The van der Waals surface area contributed by atoms with Crippen LogP contribution in [-0.4, -0.2) is 38.4 Å². The van der Waals surface area contributed by atoms with Crippen LogP contribution >= 0.6 is 11.8 Å². The number of nitrogens with zero attached hydrogens (tertiary/aromatic N) is 4. The molecule has 1 atom stereocenters. The molecule has 0 saturated heterocycles. The van der Waals surface area contributed by atoms with Gasteiger partial charge in [-0.15, -0.1) is 10.2 Å². The summed E-state index contributed by atoms with van der Waals surface area (Å²) in [5.74, 6) is -0.482. The SMILES string of the molecule is C[C@@H](Sc1nnc(-c2ccccc2F)n1Cc1ccccc1)C(=O)N1CC(=O)Nc2ccccc21. The molecule has 3 aromatic carbocycles. The summed E-state index contributed by atoms with van der Waals surface area (Å²) in [6, 6.07) is 23.3. The minimum absolute atomic E-state index is 0.0576. The Kier molecular flexibility index (Phi) is 6.33. The monoisotopic (exact) mass is 487 g/mol. The highest BCUT2D eigenvalue weighted by Gasteiger charge is 2.31. The number of halogens is 1. The number of rotatable bonds is 6. The smallest absolute Gasteiger partial charge is 0.244 e. The number of amides is 2. The second-order valence-corrected chi connectivity index (χ2v) is 9.42. The number of fused-ring (bicyclic) bond motifs is 1. The topological polar surface area (TPSA) is 80.1 Å². The Morgan fingerprint density at radius 2 is 1.74 bits per heavy atom. The molecule has 0 unspecified atom stereocenters.